The number of rotatable bonds is 3. The summed E-state index contributed by atoms with van der Waals surface area (Å²) in [5, 5.41) is 14.9. The molecule has 0 saturated heterocycles. The molecule has 0 spiro atoms. The number of imidazole rings is 1. The van der Waals surface area contributed by atoms with Crippen molar-refractivity contribution in [3.8, 4) is 17.0 Å². The average molecular weight is 289 g/mol. The first-order valence-corrected chi connectivity index (χ1v) is 7.06. The van der Waals surface area contributed by atoms with Crippen molar-refractivity contribution in [1.29, 1.82) is 0 Å². The number of methoxy groups -OCH3 is 1. The molecular formula is C14H15N3O2S. The number of ether oxygens (including phenoxy) is 1. The Bertz CT molecular complexity index is 776. The average Bonchev–Trinajstić information content (AvgIpc) is 2.94. The second-order valence-corrected chi connectivity index (χ2v) is 5.73. The lowest BCUT2D eigenvalue weighted by Gasteiger charge is -2.07. The van der Waals surface area contributed by atoms with E-state index in [1.807, 2.05) is 32.0 Å². The van der Waals surface area contributed by atoms with Gasteiger partial charge in [0.2, 0.25) is 4.96 Å². The summed E-state index contributed by atoms with van der Waals surface area (Å²) in [4.78, 5) is 5.39. The summed E-state index contributed by atoms with van der Waals surface area (Å²) in [5.74, 6) is 0.842. The molecule has 0 unspecified atom stereocenters. The van der Waals surface area contributed by atoms with Gasteiger partial charge in [-0.05, 0) is 37.6 Å². The molecule has 2 aromatic heterocycles. The monoisotopic (exact) mass is 289 g/mol. The van der Waals surface area contributed by atoms with Gasteiger partial charge < -0.3 is 9.84 Å². The maximum absolute atomic E-state index is 9.63. The molecule has 0 bridgehead atoms. The lowest BCUT2D eigenvalue weighted by Crippen LogP contribution is -1.96. The largest absolute Gasteiger partial charge is 0.496 e. The molecule has 0 aliphatic carbocycles. The van der Waals surface area contributed by atoms with Crippen LogP contribution in [0.15, 0.2) is 18.2 Å². The van der Waals surface area contributed by atoms with E-state index in [1.54, 1.807) is 11.6 Å². The van der Waals surface area contributed by atoms with Gasteiger partial charge in [0, 0.05) is 5.56 Å². The Kier molecular flexibility index (Phi) is 3.19. The third-order valence-corrected chi connectivity index (χ3v) is 4.04. The van der Waals surface area contributed by atoms with Gasteiger partial charge in [0.25, 0.3) is 0 Å². The van der Waals surface area contributed by atoms with Crippen molar-refractivity contribution < 1.29 is 9.84 Å². The molecule has 1 aromatic carbocycles. The number of hydrogen-bond acceptors (Lipinski definition) is 5. The van der Waals surface area contributed by atoms with Crippen LogP contribution in [0.2, 0.25) is 0 Å². The maximum atomic E-state index is 9.63. The Morgan fingerprint density at radius 2 is 2.15 bits per heavy atom. The molecule has 0 saturated carbocycles. The predicted molar refractivity (Wildman–Crippen MR) is 78.2 cm³/mol. The van der Waals surface area contributed by atoms with Gasteiger partial charge >= 0.3 is 0 Å². The predicted octanol–water partition coefficient (Wildman–Crippen LogP) is 2.58. The highest BCUT2D eigenvalue weighted by Crippen LogP contribution is 2.30. The van der Waals surface area contributed by atoms with Crippen molar-refractivity contribution in [2.45, 2.75) is 20.5 Å². The fourth-order valence-corrected chi connectivity index (χ4v) is 3.05. The Labute approximate surface area is 120 Å². The summed E-state index contributed by atoms with van der Waals surface area (Å²) in [6, 6.07) is 5.87. The molecule has 5 nitrogen and oxygen atoms in total. The van der Waals surface area contributed by atoms with E-state index in [4.69, 9.17) is 4.74 Å². The van der Waals surface area contributed by atoms with Crippen molar-refractivity contribution in [3.05, 3.63) is 34.5 Å². The van der Waals surface area contributed by atoms with Crippen LogP contribution in [0.5, 0.6) is 5.75 Å². The fourth-order valence-electron chi connectivity index (χ4n) is 2.28. The smallest absolute Gasteiger partial charge is 0.213 e. The van der Waals surface area contributed by atoms with Gasteiger partial charge in [-0.3, -0.25) is 0 Å². The van der Waals surface area contributed by atoms with E-state index in [-0.39, 0.29) is 6.61 Å². The summed E-state index contributed by atoms with van der Waals surface area (Å²) >= 11 is 1.51. The van der Waals surface area contributed by atoms with Crippen molar-refractivity contribution in [2.75, 3.05) is 7.11 Å². The number of aryl methyl sites for hydroxylation is 2. The second-order valence-electron chi connectivity index (χ2n) is 4.57. The first kappa shape index (κ1) is 13.1. The molecule has 104 valence electrons. The van der Waals surface area contributed by atoms with Crippen LogP contribution in [0.4, 0.5) is 0 Å². The highest BCUT2D eigenvalue weighted by Gasteiger charge is 2.17. The molecule has 3 aromatic rings. The van der Waals surface area contributed by atoms with Crippen LogP contribution >= 0.6 is 11.3 Å². The number of fused-ring (bicyclic) bond motifs is 1. The number of aromatic nitrogens is 3. The van der Waals surface area contributed by atoms with Gasteiger partial charge in [-0.25, -0.2) is 9.50 Å². The number of nitrogens with zero attached hydrogens (tertiary/aromatic N) is 3. The van der Waals surface area contributed by atoms with Gasteiger partial charge in [0.1, 0.15) is 10.8 Å². The molecule has 0 aliphatic heterocycles. The fraction of sp³-hybridized carbons (Fsp3) is 0.286. The summed E-state index contributed by atoms with van der Waals surface area (Å²) in [5.41, 5.74) is 3.49. The molecule has 3 rings (SSSR count). The molecule has 6 heteroatoms. The Morgan fingerprint density at radius 1 is 1.35 bits per heavy atom. The van der Waals surface area contributed by atoms with E-state index in [0.29, 0.717) is 5.69 Å². The van der Waals surface area contributed by atoms with Gasteiger partial charge in [-0.15, -0.1) is 0 Å². The summed E-state index contributed by atoms with van der Waals surface area (Å²) in [6.07, 6.45) is 0. The normalized spacial score (nSPS) is 11.2. The molecule has 0 aliphatic rings. The van der Waals surface area contributed by atoms with Crippen LogP contribution in [0, 0.1) is 13.8 Å². The standard InChI is InChI=1S/C14H15N3O2S/c1-8-6-10(4-5-12(8)19-3)13-11(7-18)17-14(15-13)20-9(2)16-17/h4-6,18H,7H2,1-3H3. The topological polar surface area (TPSA) is 59.7 Å². The SMILES string of the molecule is COc1ccc(-c2nc3sc(C)nn3c2CO)cc1C. The third kappa shape index (κ3) is 1.97. The van der Waals surface area contributed by atoms with E-state index in [0.717, 1.165) is 32.5 Å². The van der Waals surface area contributed by atoms with Crippen LogP contribution in [0.3, 0.4) is 0 Å². The van der Waals surface area contributed by atoms with Crippen molar-refractivity contribution in [3.63, 3.8) is 0 Å². The minimum absolute atomic E-state index is 0.0925. The van der Waals surface area contributed by atoms with Crippen LogP contribution in [-0.2, 0) is 6.61 Å². The second kappa shape index (κ2) is 4.88. The summed E-state index contributed by atoms with van der Waals surface area (Å²) < 4.78 is 6.98. The van der Waals surface area contributed by atoms with Crippen LogP contribution in [-0.4, -0.2) is 26.8 Å². The molecule has 1 N–H and O–H groups in total. The molecule has 0 atom stereocenters. The highest BCUT2D eigenvalue weighted by molar-refractivity contribution is 7.16. The van der Waals surface area contributed by atoms with E-state index in [9.17, 15) is 5.11 Å². The van der Waals surface area contributed by atoms with Crippen LogP contribution < -0.4 is 4.74 Å². The molecule has 0 fully saturated rings. The number of aliphatic hydroxyl groups is 1. The van der Waals surface area contributed by atoms with Gasteiger partial charge in [-0.2, -0.15) is 5.10 Å². The lowest BCUT2D eigenvalue weighted by molar-refractivity contribution is 0.275. The zero-order chi connectivity index (χ0) is 14.3. The van der Waals surface area contributed by atoms with Gasteiger partial charge in [0.15, 0.2) is 0 Å². The van der Waals surface area contributed by atoms with E-state index in [2.05, 4.69) is 10.1 Å². The molecule has 2 heterocycles. The van der Waals surface area contributed by atoms with Crippen molar-refractivity contribution in [2.24, 2.45) is 0 Å². The Hall–Kier alpha value is -1.92. The molecule has 20 heavy (non-hydrogen) atoms. The summed E-state index contributed by atoms with van der Waals surface area (Å²) in [6.45, 7) is 3.82. The Morgan fingerprint density at radius 3 is 2.80 bits per heavy atom. The van der Waals surface area contributed by atoms with Gasteiger partial charge in [-0.1, -0.05) is 11.3 Å². The molecule has 0 amide bonds. The first-order chi connectivity index (χ1) is 9.63. The summed E-state index contributed by atoms with van der Waals surface area (Å²) in [7, 11) is 1.65. The third-order valence-electron chi connectivity index (χ3n) is 3.22. The van der Waals surface area contributed by atoms with E-state index in [1.165, 1.54) is 11.3 Å². The van der Waals surface area contributed by atoms with Crippen molar-refractivity contribution >= 4 is 16.3 Å². The first-order valence-electron chi connectivity index (χ1n) is 6.25. The number of aliphatic hydroxyl groups excluding tert-OH is 1. The van der Waals surface area contributed by atoms with E-state index >= 15 is 0 Å². The number of hydrogen-bond donors (Lipinski definition) is 1. The quantitative estimate of drug-likeness (QED) is 0.805. The van der Waals surface area contributed by atoms with Gasteiger partial charge in [0.05, 0.1) is 25.1 Å². The Balaban J connectivity index is 2.18. The zero-order valence-electron chi connectivity index (χ0n) is 11.5. The lowest BCUT2D eigenvalue weighted by atomic mass is 10.1. The van der Waals surface area contributed by atoms with Crippen LogP contribution in [0.25, 0.3) is 16.2 Å². The highest BCUT2D eigenvalue weighted by atomic mass is 32.1. The zero-order valence-corrected chi connectivity index (χ0v) is 12.4. The molecule has 0 radical (unpaired) electrons. The minimum Gasteiger partial charge on any atom is -0.496 e. The number of benzene rings is 1. The van der Waals surface area contributed by atoms with Crippen molar-refractivity contribution in [1.82, 2.24) is 14.6 Å². The van der Waals surface area contributed by atoms with Crippen LogP contribution in [0.1, 0.15) is 16.3 Å². The molecular weight excluding hydrogens is 274 g/mol. The maximum Gasteiger partial charge on any atom is 0.213 e. The minimum atomic E-state index is -0.0925. The van der Waals surface area contributed by atoms with E-state index < -0.39 is 0 Å².